The first kappa shape index (κ1) is 22.1. The summed E-state index contributed by atoms with van der Waals surface area (Å²) in [4.78, 5) is 23.8. The van der Waals surface area contributed by atoms with Gasteiger partial charge in [-0.15, -0.1) is 0 Å². The predicted molar refractivity (Wildman–Crippen MR) is 95.9 cm³/mol. The molecule has 0 fully saturated rings. The van der Waals surface area contributed by atoms with E-state index in [0.29, 0.717) is 31.2 Å². The lowest BCUT2D eigenvalue weighted by Crippen LogP contribution is -2.43. The molecular formula is C16H28Br2O4. The number of rotatable bonds is 12. The molecule has 0 saturated carbocycles. The van der Waals surface area contributed by atoms with E-state index < -0.39 is 11.2 Å². The Hall–Kier alpha value is 0.0600. The standard InChI is InChI=1S/C16H28Br2O4/c1-5-15(6-2,22-14(20)12-18)9-10-21-16(7-3,8-4)13(19)11-17/h5-12H2,1-4H3. The molecule has 0 spiro atoms. The number of esters is 1. The third-order valence-electron chi connectivity index (χ3n) is 4.44. The van der Waals surface area contributed by atoms with Crippen molar-refractivity contribution < 1.29 is 19.1 Å². The summed E-state index contributed by atoms with van der Waals surface area (Å²) in [7, 11) is 0. The molecule has 0 saturated heterocycles. The molecule has 0 heterocycles. The van der Waals surface area contributed by atoms with E-state index in [2.05, 4.69) is 31.9 Å². The fraction of sp³-hybridized carbons (Fsp3) is 0.875. The van der Waals surface area contributed by atoms with Gasteiger partial charge in [-0.3, -0.25) is 9.59 Å². The Labute approximate surface area is 150 Å². The Morgan fingerprint density at radius 3 is 1.82 bits per heavy atom. The smallest absolute Gasteiger partial charge is 0.317 e. The molecule has 0 bridgehead atoms. The first-order valence-corrected chi connectivity index (χ1v) is 10.1. The van der Waals surface area contributed by atoms with E-state index in [1.165, 1.54) is 0 Å². The molecule has 0 rings (SSSR count). The second-order valence-electron chi connectivity index (χ2n) is 5.35. The lowest BCUT2D eigenvalue weighted by Gasteiger charge is -2.34. The number of ketones is 1. The Morgan fingerprint density at radius 1 is 0.909 bits per heavy atom. The summed E-state index contributed by atoms with van der Waals surface area (Å²) < 4.78 is 11.6. The fourth-order valence-electron chi connectivity index (χ4n) is 2.55. The molecule has 0 aromatic carbocycles. The van der Waals surface area contributed by atoms with E-state index >= 15 is 0 Å². The summed E-state index contributed by atoms with van der Waals surface area (Å²) in [6.45, 7) is 8.32. The molecule has 0 radical (unpaired) electrons. The maximum Gasteiger partial charge on any atom is 0.317 e. The predicted octanol–water partition coefficient (Wildman–Crippen LogP) is 4.41. The molecule has 0 atom stereocenters. The molecule has 6 heteroatoms. The van der Waals surface area contributed by atoms with E-state index in [0.717, 1.165) is 12.8 Å². The third-order valence-corrected chi connectivity index (χ3v) is 5.40. The van der Waals surface area contributed by atoms with Gasteiger partial charge < -0.3 is 9.47 Å². The zero-order chi connectivity index (χ0) is 17.2. The second-order valence-corrected chi connectivity index (χ2v) is 6.48. The van der Waals surface area contributed by atoms with Crippen LogP contribution in [0.25, 0.3) is 0 Å². The molecule has 22 heavy (non-hydrogen) atoms. The van der Waals surface area contributed by atoms with E-state index in [4.69, 9.17) is 9.47 Å². The molecule has 0 aliphatic rings. The molecule has 0 N–H and O–H groups in total. The van der Waals surface area contributed by atoms with Crippen molar-refractivity contribution >= 4 is 43.6 Å². The van der Waals surface area contributed by atoms with E-state index in [9.17, 15) is 9.59 Å². The lowest BCUT2D eigenvalue weighted by molar-refractivity contribution is -0.164. The van der Waals surface area contributed by atoms with Crippen LogP contribution in [-0.4, -0.2) is 40.2 Å². The number of hydrogen-bond donors (Lipinski definition) is 0. The van der Waals surface area contributed by atoms with E-state index in [1.807, 2.05) is 27.7 Å². The second kappa shape index (κ2) is 10.8. The van der Waals surface area contributed by atoms with Crippen LogP contribution in [-0.2, 0) is 19.1 Å². The highest BCUT2D eigenvalue weighted by molar-refractivity contribution is 9.09. The number of carbonyl (C=O) groups excluding carboxylic acids is 2. The third kappa shape index (κ3) is 5.93. The minimum atomic E-state index is -0.740. The van der Waals surface area contributed by atoms with Gasteiger partial charge in [0.15, 0.2) is 5.78 Å². The molecule has 0 aliphatic carbocycles. The molecule has 4 nitrogen and oxygen atoms in total. The number of halogens is 2. The molecule has 130 valence electrons. The van der Waals surface area contributed by atoms with Gasteiger partial charge in [-0.1, -0.05) is 59.6 Å². The minimum absolute atomic E-state index is 0.0635. The Balaban J connectivity index is 4.85. The Bertz CT molecular complexity index is 350. The summed E-state index contributed by atoms with van der Waals surface area (Å²) >= 11 is 6.35. The number of carbonyl (C=O) groups is 2. The van der Waals surface area contributed by atoms with Gasteiger partial charge in [0.05, 0.1) is 11.9 Å². The summed E-state index contributed by atoms with van der Waals surface area (Å²) in [6.07, 6.45) is 3.32. The SMILES string of the molecule is CCC(CC)(CCOC(CC)(CC)C(=O)CBr)OC(=O)CBr. The topological polar surface area (TPSA) is 52.6 Å². The maximum absolute atomic E-state index is 12.2. The molecule has 0 unspecified atom stereocenters. The monoisotopic (exact) mass is 442 g/mol. The Kier molecular flexibility index (Phi) is 10.8. The van der Waals surface area contributed by atoms with Gasteiger partial charge in [-0.2, -0.15) is 0 Å². The van der Waals surface area contributed by atoms with Crippen molar-refractivity contribution in [2.24, 2.45) is 0 Å². The van der Waals surface area contributed by atoms with Gasteiger partial charge in [0.1, 0.15) is 16.5 Å². The fourth-order valence-corrected chi connectivity index (χ4v) is 3.18. The first-order chi connectivity index (χ1) is 10.4. The molecular weight excluding hydrogens is 416 g/mol. The quantitative estimate of drug-likeness (QED) is 0.331. The van der Waals surface area contributed by atoms with Gasteiger partial charge in [-0.05, 0) is 25.7 Å². The summed E-state index contributed by atoms with van der Waals surface area (Å²) in [5.74, 6) is -0.203. The molecule has 0 amide bonds. The highest BCUT2D eigenvalue weighted by Gasteiger charge is 2.36. The van der Waals surface area contributed by atoms with Crippen molar-refractivity contribution in [3.05, 3.63) is 0 Å². The normalized spacial score (nSPS) is 12.3. The van der Waals surface area contributed by atoms with Crippen LogP contribution in [0.3, 0.4) is 0 Å². The van der Waals surface area contributed by atoms with Gasteiger partial charge in [0.2, 0.25) is 0 Å². The highest BCUT2D eigenvalue weighted by atomic mass is 79.9. The van der Waals surface area contributed by atoms with Crippen molar-refractivity contribution in [2.75, 3.05) is 17.3 Å². The number of Topliss-reactive ketones (excluding diaryl/α,β-unsaturated/α-hetero) is 1. The summed E-state index contributed by atoms with van der Waals surface area (Å²) in [6, 6.07) is 0. The maximum atomic E-state index is 12.2. The average Bonchev–Trinajstić information content (AvgIpc) is 2.57. The van der Waals surface area contributed by atoms with Crippen LogP contribution in [0, 0.1) is 0 Å². The molecule has 0 aromatic heterocycles. The largest absolute Gasteiger partial charge is 0.458 e. The van der Waals surface area contributed by atoms with Gasteiger partial charge in [0.25, 0.3) is 0 Å². The molecule has 0 aliphatic heterocycles. The van der Waals surface area contributed by atoms with Crippen LogP contribution in [0.15, 0.2) is 0 Å². The van der Waals surface area contributed by atoms with Crippen LogP contribution in [0.5, 0.6) is 0 Å². The summed E-state index contributed by atoms with van der Waals surface area (Å²) in [5, 5.41) is 0.478. The van der Waals surface area contributed by atoms with Crippen molar-refractivity contribution in [2.45, 2.75) is 71.0 Å². The van der Waals surface area contributed by atoms with Gasteiger partial charge in [-0.25, -0.2) is 0 Å². The minimum Gasteiger partial charge on any atom is -0.458 e. The van der Waals surface area contributed by atoms with E-state index in [1.54, 1.807) is 0 Å². The zero-order valence-electron chi connectivity index (χ0n) is 14.0. The van der Waals surface area contributed by atoms with Gasteiger partial charge in [0, 0.05) is 6.42 Å². The molecule has 0 aromatic rings. The van der Waals surface area contributed by atoms with Crippen molar-refractivity contribution in [3.8, 4) is 0 Å². The van der Waals surface area contributed by atoms with Crippen molar-refractivity contribution in [1.82, 2.24) is 0 Å². The zero-order valence-corrected chi connectivity index (χ0v) is 17.2. The number of alkyl halides is 2. The van der Waals surface area contributed by atoms with Crippen LogP contribution in [0.4, 0.5) is 0 Å². The Morgan fingerprint density at radius 2 is 1.45 bits per heavy atom. The summed E-state index contributed by atoms with van der Waals surface area (Å²) in [5.41, 5.74) is -1.26. The first-order valence-electron chi connectivity index (χ1n) is 7.90. The lowest BCUT2D eigenvalue weighted by atomic mass is 9.91. The van der Waals surface area contributed by atoms with Crippen LogP contribution in [0.1, 0.15) is 59.8 Å². The van der Waals surface area contributed by atoms with E-state index in [-0.39, 0.29) is 17.1 Å². The number of ether oxygens (including phenoxy) is 2. The van der Waals surface area contributed by atoms with Crippen molar-refractivity contribution in [1.29, 1.82) is 0 Å². The van der Waals surface area contributed by atoms with Crippen LogP contribution < -0.4 is 0 Å². The number of hydrogen-bond acceptors (Lipinski definition) is 4. The van der Waals surface area contributed by atoms with Gasteiger partial charge >= 0.3 is 5.97 Å². The highest BCUT2D eigenvalue weighted by Crippen LogP contribution is 2.28. The van der Waals surface area contributed by atoms with Crippen molar-refractivity contribution in [3.63, 3.8) is 0 Å². The average molecular weight is 444 g/mol. The van der Waals surface area contributed by atoms with Crippen LogP contribution >= 0.6 is 31.9 Å². The van der Waals surface area contributed by atoms with Crippen LogP contribution in [0.2, 0.25) is 0 Å².